The van der Waals surface area contributed by atoms with Crippen LogP contribution in [-0.4, -0.2) is 26.8 Å². The second kappa shape index (κ2) is 5.13. The fourth-order valence-electron chi connectivity index (χ4n) is 2.17. The highest BCUT2D eigenvalue weighted by atomic mass is 32.2. The molecule has 1 saturated heterocycles. The van der Waals surface area contributed by atoms with Crippen LogP contribution in [0.1, 0.15) is 12.8 Å². The minimum Gasteiger partial charge on any atom is -0.317 e. The van der Waals surface area contributed by atoms with E-state index in [0.29, 0.717) is 19.2 Å². The van der Waals surface area contributed by atoms with Gasteiger partial charge < -0.3 is 5.32 Å². The third-order valence-corrected chi connectivity index (χ3v) is 5.20. The molecule has 1 aromatic carbocycles. The van der Waals surface area contributed by atoms with Crippen LogP contribution in [0.3, 0.4) is 0 Å². The normalized spacial score (nSPS) is 18.5. The molecule has 1 N–H and O–H groups in total. The van der Waals surface area contributed by atoms with Gasteiger partial charge in [-0.25, -0.2) is 12.8 Å². The van der Waals surface area contributed by atoms with Crippen LogP contribution in [0.5, 0.6) is 0 Å². The van der Waals surface area contributed by atoms with E-state index in [-0.39, 0.29) is 12.8 Å². The number of nitrogens with one attached hydrogen (secondary N) is 1. The molecule has 0 aromatic heterocycles. The number of rotatable bonds is 3. The quantitative estimate of drug-likeness (QED) is 0.929. The summed E-state index contributed by atoms with van der Waals surface area (Å²) in [7, 11) is -4.86. The molecule has 0 aliphatic carbocycles. The van der Waals surface area contributed by atoms with Crippen LogP contribution >= 0.6 is 0 Å². The van der Waals surface area contributed by atoms with E-state index in [0.717, 1.165) is 18.2 Å². The highest BCUT2D eigenvalue weighted by Gasteiger charge is 2.52. The Kier molecular flexibility index (Phi) is 3.87. The average molecular weight is 293 g/mol. The molecule has 0 spiro atoms. The zero-order chi connectivity index (χ0) is 14.1. The first-order valence-corrected chi connectivity index (χ1v) is 7.43. The summed E-state index contributed by atoms with van der Waals surface area (Å²) in [6.45, 7) is 0.720. The van der Waals surface area contributed by atoms with Crippen molar-refractivity contribution in [2.24, 2.45) is 5.92 Å². The van der Waals surface area contributed by atoms with Gasteiger partial charge in [0, 0.05) is 5.92 Å². The van der Waals surface area contributed by atoms with Crippen LogP contribution in [-0.2, 0) is 9.84 Å². The van der Waals surface area contributed by atoms with Crippen molar-refractivity contribution in [3.8, 4) is 0 Å². The molecule has 1 aromatic rings. The summed E-state index contributed by atoms with van der Waals surface area (Å²) in [4.78, 5) is -0.670. The lowest BCUT2D eigenvalue weighted by Gasteiger charge is -2.29. The fraction of sp³-hybridized carbons (Fsp3) is 0.500. The summed E-state index contributed by atoms with van der Waals surface area (Å²) < 4.78 is 65.3. The van der Waals surface area contributed by atoms with Gasteiger partial charge in [-0.1, -0.05) is 6.07 Å². The molecule has 0 bridgehead atoms. The van der Waals surface area contributed by atoms with Gasteiger partial charge in [0.05, 0.1) is 4.90 Å². The Morgan fingerprint density at radius 2 is 1.84 bits per heavy atom. The fourth-order valence-corrected chi connectivity index (χ4v) is 3.68. The summed E-state index contributed by atoms with van der Waals surface area (Å²) in [6.07, 6.45) is 0.170. The van der Waals surface area contributed by atoms with Gasteiger partial charge in [0.2, 0.25) is 9.84 Å². The van der Waals surface area contributed by atoms with Crippen LogP contribution in [0.4, 0.5) is 13.2 Å². The lowest BCUT2D eigenvalue weighted by atomic mass is 9.99. The first-order chi connectivity index (χ1) is 8.85. The molecule has 106 valence electrons. The Bertz CT molecular complexity index is 554. The first-order valence-electron chi connectivity index (χ1n) is 5.94. The number of benzene rings is 1. The van der Waals surface area contributed by atoms with Crippen LogP contribution in [0.2, 0.25) is 0 Å². The summed E-state index contributed by atoms with van der Waals surface area (Å²) in [5.41, 5.74) is 0. The van der Waals surface area contributed by atoms with E-state index >= 15 is 0 Å². The molecule has 0 unspecified atom stereocenters. The zero-order valence-electron chi connectivity index (χ0n) is 10.1. The van der Waals surface area contributed by atoms with Crippen molar-refractivity contribution in [3.63, 3.8) is 0 Å². The largest absolute Gasteiger partial charge is 0.352 e. The molecule has 0 radical (unpaired) electrons. The monoisotopic (exact) mass is 293 g/mol. The third-order valence-electron chi connectivity index (χ3n) is 3.28. The number of alkyl halides is 2. The molecule has 1 aliphatic heterocycles. The molecule has 0 saturated carbocycles. The van der Waals surface area contributed by atoms with E-state index in [2.05, 4.69) is 5.32 Å². The highest BCUT2D eigenvalue weighted by Crippen LogP contribution is 2.39. The Morgan fingerprint density at radius 1 is 1.21 bits per heavy atom. The van der Waals surface area contributed by atoms with Crippen molar-refractivity contribution < 1.29 is 21.6 Å². The number of sulfone groups is 1. The summed E-state index contributed by atoms with van der Waals surface area (Å²) in [5, 5.41) is -0.973. The predicted octanol–water partition coefficient (Wildman–Crippen LogP) is 2.19. The third kappa shape index (κ3) is 2.62. The Morgan fingerprint density at radius 3 is 2.42 bits per heavy atom. The van der Waals surface area contributed by atoms with Gasteiger partial charge in [-0.2, -0.15) is 8.78 Å². The average Bonchev–Trinajstić information content (AvgIpc) is 2.39. The smallest absolute Gasteiger partial charge is 0.317 e. The lowest BCUT2D eigenvalue weighted by molar-refractivity contribution is 0.0121. The van der Waals surface area contributed by atoms with Gasteiger partial charge in [0.15, 0.2) is 0 Å². The molecular weight excluding hydrogens is 279 g/mol. The van der Waals surface area contributed by atoms with Gasteiger partial charge in [0.25, 0.3) is 0 Å². The van der Waals surface area contributed by atoms with Crippen LogP contribution in [0.15, 0.2) is 29.2 Å². The van der Waals surface area contributed by atoms with E-state index in [1.807, 2.05) is 0 Å². The predicted molar refractivity (Wildman–Crippen MR) is 64.1 cm³/mol. The van der Waals surface area contributed by atoms with E-state index < -0.39 is 31.7 Å². The van der Waals surface area contributed by atoms with Crippen LogP contribution < -0.4 is 5.32 Å². The van der Waals surface area contributed by atoms with Gasteiger partial charge in [-0.15, -0.1) is 0 Å². The van der Waals surface area contributed by atoms with Gasteiger partial charge >= 0.3 is 5.25 Å². The molecule has 0 atom stereocenters. The van der Waals surface area contributed by atoms with Crippen molar-refractivity contribution in [2.75, 3.05) is 13.1 Å². The molecule has 7 heteroatoms. The van der Waals surface area contributed by atoms with E-state index in [1.54, 1.807) is 0 Å². The summed E-state index contributed by atoms with van der Waals surface area (Å²) >= 11 is 0. The Hall–Kier alpha value is -1.08. The highest BCUT2D eigenvalue weighted by molar-refractivity contribution is 7.92. The van der Waals surface area contributed by atoms with Crippen molar-refractivity contribution in [2.45, 2.75) is 23.0 Å². The molecule has 1 fully saturated rings. The van der Waals surface area contributed by atoms with E-state index in [4.69, 9.17) is 0 Å². The maximum atomic E-state index is 14.2. The number of halogens is 3. The maximum Gasteiger partial charge on any atom is 0.352 e. The van der Waals surface area contributed by atoms with Crippen molar-refractivity contribution in [1.82, 2.24) is 5.32 Å². The lowest BCUT2D eigenvalue weighted by Crippen LogP contribution is -2.43. The summed E-state index contributed by atoms with van der Waals surface area (Å²) in [6, 6.07) is 3.75. The molecule has 0 amide bonds. The second-order valence-corrected chi connectivity index (χ2v) is 6.57. The van der Waals surface area contributed by atoms with E-state index in [1.165, 1.54) is 0 Å². The van der Waals surface area contributed by atoms with Gasteiger partial charge in [-0.05, 0) is 44.1 Å². The molecule has 19 heavy (non-hydrogen) atoms. The Balaban J connectivity index is 2.37. The number of hydrogen-bond acceptors (Lipinski definition) is 3. The SMILES string of the molecule is O=S(=O)(c1cccc(F)c1)C(F)(F)C1CCNCC1. The molecular formula is C12H14F3NO2S. The first kappa shape index (κ1) is 14.3. The van der Waals surface area contributed by atoms with Gasteiger partial charge in [-0.3, -0.25) is 0 Å². The standard InChI is InChI=1S/C12H14F3NO2S/c13-10-2-1-3-11(8-10)19(17,18)12(14,15)9-4-6-16-7-5-9/h1-3,8-9,16H,4-7H2. The van der Waals surface area contributed by atoms with E-state index in [9.17, 15) is 21.6 Å². The molecule has 3 nitrogen and oxygen atoms in total. The summed E-state index contributed by atoms with van der Waals surface area (Å²) in [5.74, 6) is -2.08. The van der Waals surface area contributed by atoms with Crippen LogP contribution in [0, 0.1) is 11.7 Å². The van der Waals surface area contributed by atoms with Gasteiger partial charge in [0.1, 0.15) is 5.82 Å². The topological polar surface area (TPSA) is 46.2 Å². The maximum absolute atomic E-state index is 14.2. The van der Waals surface area contributed by atoms with Crippen LogP contribution in [0.25, 0.3) is 0 Å². The minimum absolute atomic E-state index is 0.0849. The molecule has 2 rings (SSSR count). The van der Waals surface area contributed by atoms with Crippen molar-refractivity contribution in [1.29, 1.82) is 0 Å². The minimum atomic E-state index is -4.86. The molecule has 1 aliphatic rings. The molecule has 1 heterocycles. The number of piperidine rings is 1. The zero-order valence-corrected chi connectivity index (χ0v) is 10.9. The van der Waals surface area contributed by atoms with Crippen molar-refractivity contribution in [3.05, 3.63) is 30.1 Å². The Labute approximate surface area is 109 Å². The van der Waals surface area contributed by atoms with Crippen molar-refractivity contribution >= 4 is 9.84 Å². The second-order valence-electron chi connectivity index (χ2n) is 4.55. The number of hydrogen-bond donors (Lipinski definition) is 1.